The largest absolute Gasteiger partial charge is 0.0955 e. The molecule has 2 rings (SSSR count). The molecule has 0 radical (unpaired) electrons. The van der Waals surface area contributed by atoms with Gasteiger partial charge in [0.1, 0.15) is 0 Å². The first kappa shape index (κ1) is 3.48. The van der Waals surface area contributed by atoms with Crippen molar-refractivity contribution in [3.63, 3.8) is 0 Å². The van der Waals surface area contributed by atoms with Crippen LogP contribution in [0.2, 0.25) is 0 Å². The molecule has 2 unspecified atom stereocenters. The molecule has 0 N–H and O–H groups in total. The third-order valence-corrected chi connectivity index (χ3v) is 1.87. The second-order valence-corrected chi connectivity index (χ2v) is 2.44. The molecule has 0 heterocycles. The quantitative estimate of drug-likeness (QED) is 0.427. The minimum absolute atomic E-state index is 0.875. The Morgan fingerprint density at radius 3 is 2.71 bits per heavy atom. The maximum Gasteiger partial charge on any atom is -0.00988 e. The average molecular weight is 92.1 g/mol. The zero-order valence-electron chi connectivity index (χ0n) is 4.22. The SMILES string of the molecule is C=C1C=CC2CC12. The van der Waals surface area contributed by atoms with Crippen LogP contribution >= 0.6 is 0 Å². The summed E-state index contributed by atoms with van der Waals surface area (Å²) in [6, 6.07) is 0. The van der Waals surface area contributed by atoms with Crippen LogP contribution in [-0.4, -0.2) is 0 Å². The van der Waals surface area contributed by atoms with Gasteiger partial charge in [0.2, 0.25) is 0 Å². The molecule has 0 nitrogen and oxygen atoms in total. The van der Waals surface area contributed by atoms with Crippen LogP contribution in [0.1, 0.15) is 6.42 Å². The van der Waals surface area contributed by atoms with Gasteiger partial charge < -0.3 is 0 Å². The van der Waals surface area contributed by atoms with Crippen LogP contribution in [0.15, 0.2) is 24.3 Å². The molecule has 0 amide bonds. The van der Waals surface area contributed by atoms with Crippen molar-refractivity contribution in [2.75, 3.05) is 0 Å². The Bertz CT molecular complexity index is 142. The van der Waals surface area contributed by atoms with Crippen LogP contribution in [0.25, 0.3) is 0 Å². The molecule has 2 atom stereocenters. The molecule has 0 spiro atoms. The molecule has 7 heavy (non-hydrogen) atoms. The third-order valence-electron chi connectivity index (χ3n) is 1.87. The van der Waals surface area contributed by atoms with Crippen LogP contribution < -0.4 is 0 Å². The molecular formula is C7H8. The molecule has 1 fully saturated rings. The van der Waals surface area contributed by atoms with Crippen LogP contribution in [0.5, 0.6) is 0 Å². The van der Waals surface area contributed by atoms with Gasteiger partial charge in [-0.15, -0.1) is 0 Å². The van der Waals surface area contributed by atoms with Gasteiger partial charge in [-0.3, -0.25) is 0 Å². The van der Waals surface area contributed by atoms with Gasteiger partial charge in [0.25, 0.3) is 0 Å². The number of hydrogen-bond donors (Lipinski definition) is 0. The zero-order valence-corrected chi connectivity index (χ0v) is 4.22. The van der Waals surface area contributed by atoms with Crippen LogP contribution in [0.4, 0.5) is 0 Å². The fourth-order valence-corrected chi connectivity index (χ4v) is 1.22. The molecule has 0 bridgehead atoms. The van der Waals surface area contributed by atoms with Gasteiger partial charge in [-0.05, 0) is 18.3 Å². The molecular weight excluding hydrogens is 84.1 g/mol. The lowest BCUT2D eigenvalue weighted by Crippen LogP contribution is -1.69. The van der Waals surface area contributed by atoms with Gasteiger partial charge in [0.05, 0.1) is 0 Å². The van der Waals surface area contributed by atoms with Crippen molar-refractivity contribution < 1.29 is 0 Å². The summed E-state index contributed by atoms with van der Waals surface area (Å²) in [5, 5.41) is 0. The Hall–Kier alpha value is -0.520. The van der Waals surface area contributed by atoms with Gasteiger partial charge in [0, 0.05) is 0 Å². The Kier molecular flexibility index (Phi) is 0.415. The zero-order chi connectivity index (χ0) is 4.85. The summed E-state index contributed by atoms with van der Waals surface area (Å²) in [5.74, 6) is 1.78. The van der Waals surface area contributed by atoms with Crippen LogP contribution in [0, 0.1) is 11.8 Å². The number of hydrogen-bond acceptors (Lipinski definition) is 0. The van der Waals surface area contributed by atoms with Gasteiger partial charge >= 0.3 is 0 Å². The van der Waals surface area contributed by atoms with E-state index in [9.17, 15) is 0 Å². The van der Waals surface area contributed by atoms with E-state index in [1.54, 1.807) is 0 Å². The first-order chi connectivity index (χ1) is 3.38. The fraction of sp³-hybridized carbons (Fsp3) is 0.429. The first-order valence-electron chi connectivity index (χ1n) is 2.75. The van der Waals surface area contributed by atoms with Gasteiger partial charge in [-0.2, -0.15) is 0 Å². The van der Waals surface area contributed by atoms with Crippen LogP contribution in [0.3, 0.4) is 0 Å². The van der Waals surface area contributed by atoms with Crippen molar-refractivity contribution >= 4 is 0 Å². The Morgan fingerprint density at radius 1 is 1.71 bits per heavy atom. The molecule has 2 aliphatic rings. The number of rotatable bonds is 0. The van der Waals surface area contributed by atoms with Gasteiger partial charge in [-0.1, -0.05) is 24.3 Å². The summed E-state index contributed by atoms with van der Waals surface area (Å²) < 4.78 is 0. The van der Waals surface area contributed by atoms with Crippen molar-refractivity contribution in [1.82, 2.24) is 0 Å². The predicted octanol–water partition coefficient (Wildman–Crippen LogP) is 1.75. The van der Waals surface area contributed by atoms with E-state index in [1.807, 2.05) is 0 Å². The molecule has 0 saturated heterocycles. The summed E-state index contributed by atoms with van der Waals surface area (Å²) >= 11 is 0. The molecule has 2 aliphatic carbocycles. The fourth-order valence-electron chi connectivity index (χ4n) is 1.22. The van der Waals surface area contributed by atoms with E-state index in [-0.39, 0.29) is 0 Å². The highest BCUT2D eigenvalue weighted by Crippen LogP contribution is 2.49. The minimum atomic E-state index is 0.875. The van der Waals surface area contributed by atoms with Gasteiger partial charge in [-0.25, -0.2) is 0 Å². The van der Waals surface area contributed by atoms with E-state index < -0.39 is 0 Å². The molecule has 0 heteroatoms. The van der Waals surface area contributed by atoms with E-state index >= 15 is 0 Å². The Balaban J connectivity index is 2.37. The predicted molar refractivity (Wildman–Crippen MR) is 29.9 cm³/mol. The minimum Gasteiger partial charge on any atom is -0.0955 e. The van der Waals surface area contributed by atoms with Crippen molar-refractivity contribution in [3.05, 3.63) is 24.3 Å². The maximum absolute atomic E-state index is 3.89. The second-order valence-electron chi connectivity index (χ2n) is 2.44. The molecule has 0 aromatic heterocycles. The summed E-state index contributed by atoms with van der Waals surface area (Å²) in [6.07, 6.45) is 5.81. The summed E-state index contributed by atoms with van der Waals surface area (Å²) in [4.78, 5) is 0. The topological polar surface area (TPSA) is 0 Å². The second kappa shape index (κ2) is 0.835. The van der Waals surface area contributed by atoms with E-state index in [2.05, 4.69) is 18.7 Å². The first-order valence-corrected chi connectivity index (χ1v) is 2.75. The monoisotopic (exact) mass is 92.1 g/mol. The number of allylic oxidation sites excluding steroid dienone is 3. The van der Waals surface area contributed by atoms with Crippen molar-refractivity contribution in [2.45, 2.75) is 6.42 Å². The standard InChI is InChI=1S/C7H8/c1-5-2-3-6-4-7(5)6/h2-3,6-7H,1,4H2. The van der Waals surface area contributed by atoms with E-state index in [0.717, 1.165) is 11.8 Å². The lowest BCUT2D eigenvalue weighted by molar-refractivity contribution is 1.01. The smallest absolute Gasteiger partial charge is 0.00988 e. The normalized spacial score (nSPS) is 44.3. The van der Waals surface area contributed by atoms with Crippen molar-refractivity contribution in [2.24, 2.45) is 11.8 Å². The van der Waals surface area contributed by atoms with E-state index in [1.165, 1.54) is 12.0 Å². The maximum atomic E-state index is 3.89. The average Bonchev–Trinajstić information content (AvgIpc) is 2.33. The Labute approximate surface area is 43.5 Å². The van der Waals surface area contributed by atoms with E-state index in [0.29, 0.717) is 0 Å². The summed E-state index contributed by atoms with van der Waals surface area (Å²) in [7, 11) is 0. The molecule has 36 valence electrons. The molecule has 1 saturated carbocycles. The third kappa shape index (κ3) is 0.317. The van der Waals surface area contributed by atoms with E-state index in [4.69, 9.17) is 0 Å². The lowest BCUT2D eigenvalue weighted by Gasteiger charge is -1.83. The highest BCUT2D eigenvalue weighted by molar-refractivity contribution is 5.34. The van der Waals surface area contributed by atoms with Crippen molar-refractivity contribution in [3.8, 4) is 0 Å². The summed E-state index contributed by atoms with van der Waals surface area (Å²) in [6.45, 7) is 3.89. The van der Waals surface area contributed by atoms with Gasteiger partial charge in [0.15, 0.2) is 0 Å². The molecule has 0 aliphatic heterocycles. The number of fused-ring (bicyclic) bond motifs is 1. The summed E-state index contributed by atoms with van der Waals surface area (Å²) in [5.41, 5.74) is 1.35. The van der Waals surface area contributed by atoms with Crippen molar-refractivity contribution in [1.29, 1.82) is 0 Å². The lowest BCUT2D eigenvalue weighted by atomic mass is 10.2. The molecule has 0 aromatic rings. The molecule has 0 aromatic carbocycles. The highest BCUT2D eigenvalue weighted by atomic mass is 14.4. The van der Waals surface area contributed by atoms with Crippen LogP contribution in [-0.2, 0) is 0 Å². The Morgan fingerprint density at radius 2 is 2.57 bits per heavy atom. The highest BCUT2D eigenvalue weighted by Gasteiger charge is 2.39.